The minimum absolute atomic E-state index is 0.0620. The number of aromatic nitrogens is 5. The number of rotatable bonds is 2. The summed E-state index contributed by atoms with van der Waals surface area (Å²) in [6.45, 7) is 1.69. The fraction of sp³-hybridized carbons (Fsp3) is 0.125. The summed E-state index contributed by atoms with van der Waals surface area (Å²) in [5.74, 6) is -0.897. The van der Waals surface area contributed by atoms with Crippen LogP contribution in [0.2, 0.25) is 0 Å². The summed E-state index contributed by atoms with van der Waals surface area (Å²) in [6.07, 6.45) is 2.73. The minimum Gasteiger partial charge on any atom is -0.477 e. The van der Waals surface area contributed by atoms with Gasteiger partial charge in [-0.15, -0.1) is 0 Å². The van der Waals surface area contributed by atoms with E-state index in [1.165, 1.54) is 23.4 Å². The maximum Gasteiger partial charge on any atom is 0.354 e. The van der Waals surface area contributed by atoms with Gasteiger partial charge in [0.15, 0.2) is 5.69 Å². The quantitative estimate of drug-likeness (QED) is 0.745. The Balaban J connectivity index is 2.54. The number of nitrogens with zero attached hydrogens (tertiary/aromatic N) is 5. The molecule has 0 aliphatic heterocycles. The molecular weight excluding hydrogens is 198 g/mol. The number of hydrogen-bond acceptors (Lipinski definition) is 5. The van der Waals surface area contributed by atoms with Gasteiger partial charge in [-0.25, -0.2) is 19.7 Å². The maximum absolute atomic E-state index is 10.7. The van der Waals surface area contributed by atoms with Crippen molar-refractivity contribution in [1.29, 1.82) is 0 Å². The van der Waals surface area contributed by atoms with Crippen LogP contribution in [0.25, 0.3) is 5.95 Å². The summed E-state index contributed by atoms with van der Waals surface area (Å²) >= 11 is 0. The van der Waals surface area contributed by atoms with Crippen LogP contribution in [0.3, 0.4) is 0 Å². The van der Waals surface area contributed by atoms with Crippen LogP contribution in [0, 0.1) is 6.92 Å². The number of aromatic carboxylic acids is 1. The van der Waals surface area contributed by atoms with Crippen LogP contribution < -0.4 is 0 Å². The topological polar surface area (TPSA) is 93.8 Å². The van der Waals surface area contributed by atoms with Crippen molar-refractivity contribution >= 4 is 5.97 Å². The Labute approximate surface area is 84.4 Å². The zero-order chi connectivity index (χ0) is 10.8. The van der Waals surface area contributed by atoms with Gasteiger partial charge in [0.2, 0.25) is 0 Å². The Morgan fingerprint density at radius 2 is 2.27 bits per heavy atom. The van der Waals surface area contributed by atoms with Crippen LogP contribution in [-0.2, 0) is 0 Å². The summed E-state index contributed by atoms with van der Waals surface area (Å²) in [5.41, 5.74) is 0.501. The molecule has 0 aliphatic carbocycles. The Hall–Kier alpha value is -2.31. The van der Waals surface area contributed by atoms with E-state index in [9.17, 15) is 4.79 Å². The summed E-state index contributed by atoms with van der Waals surface area (Å²) in [6, 6.07) is 1.39. The van der Waals surface area contributed by atoms with Gasteiger partial charge < -0.3 is 5.11 Å². The van der Waals surface area contributed by atoms with E-state index < -0.39 is 5.97 Å². The van der Waals surface area contributed by atoms with Crippen molar-refractivity contribution in [2.75, 3.05) is 0 Å². The van der Waals surface area contributed by atoms with Crippen LogP contribution in [-0.4, -0.2) is 35.8 Å². The highest BCUT2D eigenvalue weighted by Gasteiger charge is 2.09. The second-order valence-corrected chi connectivity index (χ2v) is 2.84. The third-order valence-electron chi connectivity index (χ3n) is 1.69. The molecule has 15 heavy (non-hydrogen) atoms. The maximum atomic E-state index is 10.7. The number of aryl methyl sites for hydroxylation is 1. The molecule has 0 fully saturated rings. The summed E-state index contributed by atoms with van der Waals surface area (Å²) in [4.78, 5) is 22.3. The van der Waals surface area contributed by atoms with Crippen molar-refractivity contribution < 1.29 is 9.90 Å². The van der Waals surface area contributed by atoms with Gasteiger partial charge in [-0.3, -0.25) is 0 Å². The predicted octanol–water partition coefficient (Wildman–Crippen LogP) is 0.0639. The number of carboxylic acids is 1. The standard InChI is InChI=1S/C8H7N5O2/c1-5-2-6(7(14)15)12-8(11-5)13-4-9-3-10-13/h2-4H,1H3,(H,14,15). The molecule has 0 atom stereocenters. The molecule has 7 heteroatoms. The van der Waals surface area contributed by atoms with Crippen molar-refractivity contribution in [3.63, 3.8) is 0 Å². The largest absolute Gasteiger partial charge is 0.477 e. The summed E-state index contributed by atoms with van der Waals surface area (Å²) < 4.78 is 1.30. The van der Waals surface area contributed by atoms with Crippen molar-refractivity contribution in [2.45, 2.75) is 6.92 Å². The summed E-state index contributed by atoms with van der Waals surface area (Å²) in [7, 11) is 0. The number of carbonyl (C=O) groups is 1. The number of hydrogen-bond donors (Lipinski definition) is 1. The highest BCUT2D eigenvalue weighted by molar-refractivity contribution is 5.85. The Kier molecular flexibility index (Phi) is 2.13. The second-order valence-electron chi connectivity index (χ2n) is 2.84. The van der Waals surface area contributed by atoms with Crippen LogP contribution in [0.4, 0.5) is 0 Å². The first-order valence-electron chi connectivity index (χ1n) is 4.11. The first-order valence-corrected chi connectivity index (χ1v) is 4.11. The van der Waals surface area contributed by atoms with Crippen LogP contribution in [0.5, 0.6) is 0 Å². The van der Waals surface area contributed by atoms with E-state index in [1.54, 1.807) is 6.92 Å². The predicted molar refractivity (Wildman–Crippen MR) is 48.6 cm³/mol. The van der Waals surface area contributed by atoms with Crippen molar-refractivity contribution in [1.82, 2.24) is 24.7 Å². The molecule has 76 valence electrons. The molecule has 0 aromatic carbocycles. The first kappa shape index (κ1) is 9.25. The lowest BCUT2D eigenvalue weighted by molar-refractivity contribution is 0.0690. The van der Waals surface area contributed by atoms with Gasteiger partial charge in [0.05, 0.1) is 0 Å². The van der Waals surface area contributed by atoms with Gasteiger partial charge in [0.1, 0.15) is 12.7 Å². The average molecular weight is 205 g/mol. The van der Waals surface area contributed by atoms with Crippen LogP contribution >= 0.6 is 0 Å². The molecule has 2 aromatic heterocycles. The fourth-order valence-electron chi connectivity index (χ4n) is 1.08. The molecule has 0 unspecified atom stereocenters. The van der Waals surface area contributed by atoms with E-state index in [-0.39, 0.29) is 11.6 Å². The van der Waals surface area contributed by atoms with Gasteiger partial charge in [-0.05, 0) is 13.0 Å². The molecule has 0 radical (unpaired) electrons. The highest BCUT2D eigenvalue weighted by atomic mass is 16.4. The van der Waals surface area contributed by atoms with E-state index in [4.69, 9.17) is 5.11 Å². The van der Waals surface area contributed by atoms with E-state index in [2.05, 4.69) is 20.1 Å². The minimum atomic E-state index is -1.10. The molecule has 0 amide bonds. The Morgan fingerprint density at radius 3 is 2.87 bits per heavy atom. The first-order chi connectivity index (χ1) is 7.16. The Bertz CT molecular complexity index is 494. The van der Waals surface area contributed by atoms with Crippen LogP contribution in [0.15, 0.2) is 18.7 Å². The molecule has 2 rings (SSSR count). The second kappa shape index (κ2) is 3.45. The normalized spacial score (nSPS) is 10.2. The van der Waals surface area contributed by atoms with Crippen molar-refractivity contribution in [3.8, 4) is 5.95 Å². The zero-order valence-electron chi connectivity index (χ0n) is 7.82. The zero-order valence-corrected chi connectivity index (χ0v) is 7.82. The fourth-order valence-corrected chi connectivity index (χ4v) is 1.08. The van der Waals surface area contributed by atoms with Gasteiger partial charge in [-0.2, -0.15) is 9.78 Å². The SMILES string of the molecule is Cc1cc(C(=O)O)nc(-n2cncn2)n1. The van der Waals surface area contributed by atoms with E-state index >= 15 is 0 Å². The number of carboxylic acid groups (broad SMARTS) is 1. The molecule has 0 saturated carbocycles. The molecule has 1 N–H and O–H groups in total. The van der Waals surface area contributed by atoms with Crippen LogP contribution in [0.1, 0.15) is 16.2 Å². The lowest BCUT2D eigenvalue weighted by Gasteiger charge is -2.01. The van der Waals surface area contributed by atoms with Gasteiger partial charge >= 0.3 is 5.97 Å². The third kappa shape index (κ3) is 1.80. The smallest absolute Gasteiger partial charge is 0.354 e. The van der Waals surface area contributed by atoms with Crippen molar-refractivity contribution in [2.24, 2.45) is 0 Å². The van der Waals surface area contributed by atoms with Gasteiger partial charge in [-0.1, -0.05) is 0 Å². The monoisotopic (exact) mass is 205 g/mol. The van der Waals surface area contributed by atoms with Crippen molar-refractivity contribution in [3.05, 3.63) is 30.1 Å². The van der Waals surface area contributed by atoms with E-state index in [0.717, 1.165) is 0 Å². The lowest BCUT2D eigenvalue weighted by Crippen LogP contribution is -2.09. The van der Waals surface area contributed by atoms with E-state index in [0.29, 0.717) is 5.69 Å². The molecule has 0 spiro atoms. The molecule has 2 aromatic rings. The Morgan fingerprint density at radius 1 is 1.47 bits per heavy atom. The van der Waals surface area contributed by atoms with Gasteiger partial charge in [0.25, 0.3) is 5.95 Å². The summed E-state index contributed by atoms with van der Waals surface area (Å²) in [5, 5.41) is 12.6. The highest BCUT2D eigenvalue weighted by Crippen LogP contribution is 2.03. The molecule has 2 heterocycles. The third-order valence-corrected chi connectivity index (χ3v) is 1.69. The molecular formula is C8H7N5O2. The lowest BCUT2D eigenvalue weighted by atomic mass is 10.3. The van der Waals surface area contributed by atoms with Gasteiger partial charge in [0, 0.05) is 5.69 Å². The molecule has 0 saturated heterocycles. The molecule has 0 bridgehead atoms. The molecule has 0 aliphatic rings. The average Bonchev–Trinajstić information content (AvgIpc) is 2.69. The molecule has 7 nitrogen and oxygen atoms in total. The van der Waals surface area contributed by atoms with E-state index in [1.807, 2.05) is 0 Å².